The number of aliphatic hydroxyl groups excluding tert-OH is 1. The van der Waals surface area contributed by atoms with Crippen LogP contribution in [-0.2, 0) is 4.74 Å². The van der Waals surface area contributed by atoms with Gasteiger partial charge in [-0.3, -0.25) is 0 Å². The number of rotatable bonds is 0. The van der Waals surface area contributed by atoms with E-state index in [2.05, 4.69) is 9.71 Å². The summed E-state index contributed by atoms with van der Waals surface area (Å²) in [5.41, 5.74) is 0.0567. The first-order valence-electron chi connectivity index (χ1n) is 2.42. The standard InChI is InChI=1S/C5H4N2O2/c6-7-4-2-1-3-9-5(4)8/h1-2H,3H2/p+1. The van der Waals surface area contributed by atoms with E-state index in [9.17, 15) is 0 Å². The highest BCUT2D eigenvalue weighted by atomic mass is 16.6. The van der Waals surface area contributed by atoms with Crippen LogP contribution in [0.15, 0.2) is 23.8 Å². The fourth-order valence-corrected chi connectivity index (χ4v) is 0.508. The van der Waals surface area contributed by atoms with Gasteiger partial charge in [0.25, 0.3) is 0 Å². The highest BCUT2D eigenvalue weighted by Crippen LogP contribution is 2.10. The molecule has 4 nitrogen and oxygen atoms in total. The Balaban J connectivity index is 2.88. The van der Waals surface area contributed by atoms with E-state index in [1.54, 1.807) is 6.08 Å². The maximum Gasteiger partial charge on any atom is 0.463 e. The molecule has 4 heteroatoms. The molecule has 0 fully saturated rings. The van der Waals surface area contributed by atoms with Crippen molar-refractivity contribution < 1.29 is 9.84 Å². The molecule has 0 aromatic rings. The lowest BCUT2D eigenvalue weighted by molar-refractivity contribution is 0.106. The van der Waals surface area contributed by atoms with Crippen LogP contribution in [0.3, 0.4) is 0 Å². The van der Waals surface area contributed by atoms with Crippen molar-refractivity contribution in [3.05, 3.63) is 28.8 Å². The molecule has 0 unspecified atom stereocenters. The molecule has 46 valence electrons. The molecule has 1 rings (SSSR count). The van der Waals surface area contributed by atoms with Crippen LogP contribution in [-0.4, -0.2) is 11.7 Å². The minimum Gasteiger partial charge on any atom is -0.475 e. The first-order valence-corrected chi connectivity index (χ1v) is 2.42. The third-order valence-corrected chi connectivity index (χ3v) is 0.919. The molecule has 0 aromatic heterocycles. The summed E-state index contributed by atoms with van der Waals surface area (Å²) in [7, 11) is 0. The van der Waals surface area contributed by atoms with Crippen molar-refractivity contribution in [2.45, 2.75) is 0 Å². The lowest BCUT2D eigenvalue weighted by atomic mass is 10.4. The Labute approximate surface area is 51.7 Å². The number of aliphatic hydroxyl groups is 1. The molecule has 1 N–H and O–H groups in total. The minimum atomic E-state index is -0.333. The van der Waals surface area contributed by atoms with Crippen LogP contribution in [0.25, 0.3) is 4.98 Å². The van der Waals surface area contributed by atoms with E-state index in [0.717, 1.165) is 0 Å². The van der Waals surface area contributed by atoms with Crippen molar-refractivity contribution in [1.82, 2.24) is 0 Å². The van der Waals surface area contributed by atoms with Gasteiger partial charge in [0.1, 0.15) is 6.61 Å². The van der Waals surface area contributed by atoms with Gasteiger partial charge < -0.3 is 9.84 Å². The van der Waals surface area contributed by atoms with Gasteiger partial charge in [-0.05, 0) is 6.08 Å². The zero-order valence-electron chi connectivity index (χ0n) is 4.61. The molecule has 0 saturated heterocycles. The second kappa shape index (κ2) is 2.18. The van der Waals surface area contributed by atoms with Gasteiger partial charge >= 0.3 is 11.6 Å². The first kappa shape index (κ1) is 5.63. The summed E-state index contributed by atoms with van der Waals surface area (Å²) in [5, 5.41) is 16.9. The SMILES string of the molecule is N#[N+]C1=C(O)OCC=C1. The molecule has 0 aliphatic carbocycles. The van der Waals surface area contributed by atoms with E-state index in [0.29, 0.717) is 6.61 Å². The summed E-state index contributed by atoms with van der Waals surface area (Å²) < 4.78 is 4.58. The largest absolute Gasteiger partial charge is 0.475 e. The molecule has 0 radical (unpaired) electrons. The van der Waals surface area contributed by atoms with E-state index in [4.69, 9.17) is 10.5 Å². The monoisotopic (exact) mass is 125 g/mol. The van der Waals surface area contributed by atoms with Crippen LogP contribution in [0.1, 0.15) is 0 Å². The van der Waals surface area contributed by atoms with Gasteiger partial charge in [-0.15, -0.1) is 0 Å². The van der Waals surface area contributed by atoms with Gasteiger partial charge in [0.2, 0.25) is 5.39 Å². The van der Waals surface area contributed by atoms with E-state index in [1.807, 2.05) is 0 Å². The van der Waals surface area contributed by atoms with Gasteiger partial charge in [0, 0.05) is 6.08 Å². The summed E-state index contributed by atoms with van der Waals surface area (Å²) in [5.74, 6) is -0.333. The molecular formula is C5H5N2O2+. The molecule has 0 saturated carbocycles. The fourth-order valence-electron chi connectivity index (χ4n) is 0.508. The zero-order chi connectivity index (χ0) is 6.69. The summed E-state index contributed by atoms with van der Waals surface area (Å²) in [4.78, 5) is 2.75. The third-order valence-electron chi connectivity index (χ3n) is 0.919. The van der Waals surface area contributed by atoms with Gasteiger partial charge in [0.05, 0.1) is 0 Å². The number of hydrogen-bond donors (Lipinski definition) is 1. The number of nitrogens with zero attached hydrogens (tertiary/aromatic N) is 2. The highest BCUT2D eigenvalue weighted by molar-refractivity contribution is 5.26. The maximum atomic E-state index is 8.72. The highest BCUT2D eigenvalue weighted by Gasteiger charge is 2.18. The van der Waals surface area contributed by atoms with Crippen LogP contribution >= 0.6 is 0 Å². The average molecular weight is 125 g/mol. The Morgan fingerprint density at radius 2 is 2.56 bits per heavy atom. The summed E-state index contributed by atoms with van der Waals surface area (Å²) in [6, 6.07) is 0. The molecule has 0 amide bonds. The quantitative estimate of drug-likeness (QED) is 0.494. The minimum absolute atomic E-state index is 0.0567. The predicted molar refractivity (Wildman–Crippen MR) is 29.8 cm³/mol. The predicted octanol–water partition coefficient (Wildman–Crippen LogP) is 1.15. The fraction of sp³-hybridized carbons (Fsp3) is 0.200. The Bertz CT molecular complexity index is 211. The Morgan fingerprint density at radius 3 is 3.00 bits per heavy atom. The Morgan fingerprint density at radius 1 is 1.78 bits per heavy atom. The molecule has 1 heterocycles. The second-order valence-corrected chi connectivity index (χ2v) is 1.50. The van der Waals surface area contributed by atoms with E-state index in [-0.39, 0.29) is 11.6 Å². The molecule has 9 heavy (non-hydrogen) atoms. The zero-order valence-corrected chi connectivity index (χ0v) is 4.61. The van der Waals surface area contributed by atoms with Crippen LogP contribution in [0.5, 0.6) is 0 Å². The van der Waals surface area contributed by atoms with Crippen LogP contribution < -0.4 is 0 Å². The van der Waals surface area contributed by atoms with Crippen molar-refractivity contribution in [2.75, 3.05) is 6.61 Å². The van der Waals surface area contributed by atoms with E-state index in [1.165, 1.54) is 6.08 Å². The molecule has 0 aromatic carbocycles. The molecule has 1 aliphatic heterocycles. The number of hydrogen-bond acceptors (Lipinski definition) is 3. The lowest BCUT2D eigenvalue weighted by Crippen LogP contribution is -1.98. The number of diazo groups is 1. The first-order chi connectivity index (χ1) is 4.34. The number of ether oxygens (including phenoxy) is 1. The average Bonchev–Trinajstić information content (AvgIpc) is 1.89. The van der Waals surface area contributed by atoms with Crippen molar-refractivity contribution in [2.24, 2.45) is 0 Å². The molecule has 0 bridgehead atoms. The molecule has 0 spiro atoms. The topological polar surface area (TPSA) is 57.6 Å². The van der Waals surface area contributed by atoms with Crippen molar-refractivity contribution >= 4 is 0 Å². The maximum absolute atomic E-state index is 8.72. The normalized spacial score (nSPS) is 16.8. The van der Waals surface area contributed by atoms with Crippen molar-refractivity contribution in [3.8, 4) is 0 Å². The van der Waals surface area contributed by atoms with Crippen LogP contribution in [0.2, 0.25) is 0 Å². The van der Waals surface area contributed by atoms with Crippen molar-refractivity contribution in [1.29, 1.82) is 5.39 Å². The molecular weight excluding hydrogens is 120 g/mol. The number of allylic oxidation sites excluding steroid dienone is 1. The second-order valence-electron chi connectivity index (χ2n) is 1.50. The smallest absolute Gasteiger partial charge is 0.463 e. The molecule has 0 atom stereocenters. The van der Waals surface area contributed by atoms with Gasteiger partial charge in [0.15, 0.2) is 4.98 Å². The van der Waals surface area contributed by atoms with Gasteiger partial charge in [-0.1, -0.05) is 0 Å². The van der Waals surface area contributed by atoms with E-state index >= 15 is 0 Å². The third kappa shape index (κ3) is 0.995. The van der Waals surface area contributed by atoms with Gasteiger partial charge in [-0.2, -0.15) is 0 Å². The summed E-state index contributed by atoms with van der Waals surface area (Å²) >= 11 is 0. The lowest BCUT2D eigenvalue weighted by Gasteiger charge is -1.99. The van der Waals surface area contributed by atoms with Crippen LogP contribution in [0, 0.1) is 5.39 Å². The Kier molecular flexibility index (Phi) is 1.36. The van der Waals surface area contributed by atoms with Crippen LogP contribution in [0.4, 0.5) is 0 Å². The summed E-state index contributed by atoms with van der Waals surface area (Å²) in [6.45, 7) is 0.324. The summed E-state index contributed by atoms with van der Waals surface area (Å²) in [6.07, 6.45) is 3.10. The van der Waals surface area contributed by atoms with Gasteiger partial charge in [-0.25, -0.2) is 0 Å². The molecule has 1 aliphatic rings. The van der Waals surface area contributed by atoms with Crippen molar-refractivity contribution in [3.63, 3.8) is 0 Å². The van der Waals surface area contributed by atoms with E-state index < -0.39 is 0 Å². The Hall–Kier alpha value is -1.50.